The predicted molar refractivity (Wildman–Crippen MR) is 191 cm³/mol. The predicted octanol–water partition coefficient (Wildman–Crippen LogP) is 10.7. The molecular weight excluding hydrogens is 560 g/mol. The van der Waals surface area contributed by atoms with Crippen LogP contribution in [0.3, 0.4) is 0 Å². The number of para-hydroxylation sites is 3. The zero-order valence-corrected chi connectivity index (χ0v) is 24.6. The van der Waals surface area contributed by atoms with Crippen molar-refractivity contribution in [3.05, 3.63) is 146 Å². The molecule has 0 radical (unpaired) electrons. The lowest BCUT2D eigenvalue weighted by molar-refractivity contribution is 1.01. The van der Waals surface area contributed by atoms with Gasteiger partial charge in [0.1, 0.15) is 0 Å². The first-order valence-corrected chi connectivity index (χ1v) is 15.7. The number of hydrogen-bond acceptors (Lipinski definition) is 2. The van der Waals surface area contributed by atoms with Crippen molar-refractivity contribution >= 4 is 81.6 Å². The Morgan fingerprint density at radius 1 is 0.413 bits per heavy atom. The first kappa shape index (κ1) is 24.1. The number of nitrogens with zero attached hydrogens (tertiary/aromatic N) is 4. The maximum absolute atomic E-state index is 5.38. The van der Waals surface area contributed by atoms with E-state index >= 15 is 0 Å². The molecule has 212 valence electrons. The zero-order valence-electron chi connectivity index (χ0n) is 24.6. The Hall–Kier alpha value is -6.26. The third-order valence-corrected chi connectivity index (χ3v) is 9.81. The second kappa shape index (κ2) is 8.68. The average Bonchev–Trinajstić information content (AvgIpc) is 3.74. The molecule has 46 heavy (non-hydrogen) atoms. The normalized spacial score (nSPS) is 12.3. The highest BCUT2D eigenvalue weighted by Gasteiger charge is 2.25. The van der Waals surface area contributed by atoms with Gasteiger partial charge in [0, 0.05) is 43.3 Å². The molecular formula is C42H24N4. The van der Waals surface area contributed by atoms with Crippen molar-refractivity contribution in [2.24, 2.45) is 0 Å². The van der Waals surface area contributed by atoms with E-state index in [1.165, 1.54) is 59.6 Å². The first-order chi connectivity index (χ1) is 22.8. The maximum Gasteiger partial charge on any atom is 0.235 e. The molecule has 0 unspecified atom stereocenters. The minimum absolute atomic E-state index is 0.675. The van der Waals surface area contributed by atoms with E-state index in [0.717, 1.165) is 33.2 Å². The standard InChI is InChI=1S/C42H24N4/c1-2-12-25(13-3-1)40-29-17-6-9-19-33(29)43-42(44-40)46-36-23-27-15-5-4-14-26(27)22-32(36)38-37(46)24-31-28-16-7-10-20-34(28)45-35-21-11-8-18-30(35)39(38)41(31)45/h1-24H. The second-order valence-electron chi connectivity index (χ2n) is 12.2. The van der Waals surface area contributed by atoms with Crippen LogP contribution in [-0.4, -0.2) is 18.9 Å². The van der Waals surface area contributed by atoms with E-state index < -0.39 is 0 Å². The molecule has 0 bridgehead atoms. The van der Waals surface area contributed by atoms with Crippen LogP contribution < -0.4 is 0 Å². The zero-order chi connectivity index (χ0) is 29.9. The monoisotopic (exact) mass is 584 g/mol. The molecule has 0 aliphatic carbocycles. The molecule has 0 fully saturated rings. The first-order valence-electron chi connectivity index (χ1n) is 15.7. The van der Waals surface area contributed by atoms with Crippen molar-refractivity contribution < 1.29 is 0 Å². The summed E-state index contributed by atoms with van der Waals surface area (Å²) in [7, 11) is 0. The van der Waals surface area contributed by atoms with Crippen LogP contribution >= 0.6 is 0 Å². The van der Waals surface area contributed by atoms with Gasteiger partial charge in [-0.15, -0.1) is 0 Å². The van der Waals surface area contributed by atoms with Crippen LogP contribution in [0.1, 0.15) is 0 Å². The van der Waals surface area contributed by atoms with Crippen LogP contribution in [-0.2, 0) is 0 Å². The Morgan fingerprint density at radius 2 is 1.07 bits per heavy atom. The molecule has 0 aliphatic heterocycles. The summed E-state index contributed by atoms with van der Waals surface area (Å²) in [5.41, 5.74) is 8.88. The number of rotatable bonds is 2. The quantitative estimate of drug-likeness (QED) is 0.203. The lowest BCUT2D eigenvalue weighted by Gasteiger charge is -2.12. The van der Waals surface area contributed by atoms with Crippen molar-refractivity contribution in [3.8, 4) is 17.2 Å². The van der Waals surface area contributed by atoms with Gasteiger partial charge in [-0.05, 0) is 47.2 Å². The van der Waals surface area contributed by atoms with Crippen LogP contribution in [0.2, 0.25) is 0 Å². The van der Waals surface area contributed by atoms with Gasteiger partial charge in [0.05, 0.1) is 38.8 Å². The topological polar surface area (TPSA) is 35.1 Å². The Balaban J connectivity index is 1.41. The Bertz CT molecular complexity index is 3020. The molecule has 4 heterocycles. The fourth-order valence-corrected chi connectivity index (χ4v) is 7.89. The Morgan fingerprint density at radius 3 is 1.89 bits per heavy atom. The molecule has 0 saturated carbocycles. The van der Waals surface area contributed by atoms with Crippen molar-refractivity contribution in [1.29, 1.82) is 0 Å². The number of hydrogen-bond donors (Lipinski definition) is 0. The largest absolute Gasteiger partial charge is 0.308 e. The van der Waals surface area contributed by atoms with Crippen LogP contribution in [0.5, 0.6) is 0 Å². The van der Waals surface area contributed by atoms with E-state index in [1.54, 1.807) is 0 Å². The van der Waals surface area contributed by atoms with Crippen molar-refractivity contribution in [3.63, 3.8) is 0 Å². The molecule has 0 N–H and O–H groups in total. The molecule has 11 aromatic rings. The van der Waals surface area contributed by atoms with Crippen LogP contribution in [0.15, 0.2) is 146 Å². The van der Waals surface area contributed by atoms with Gasteiger partial charge in [0.2, 0.25) is 5.95 Å². The minimum Gasteiger partial charge on any atom is -0.308 e. The molecule has 0 aliphatic rings. The summed E-state index contributed by atoms with van der Waals surface area (Å²) in [6, 6.07) is 52.1. The van der Waals surface area contributed by atoms with Crippen LogP contribution in [0, 0.1) is 0 Å². The smallest absolute Gasteiger partial charge is 0.235 e. The summed E-state index contributed by atoms with van der Waals surface area (Å²) in [5, 5.41) is 10.9. The third kappa shape index (κ3) is 3.03. The maximum atomic E-state index is 5.38. The van der Waals surface area contributed by atoms with E-state index in [1.807, 2.05) is 6.07 Å². The van der Waals surface area contributed by atoms with Crippen molar-refractivity contribution in [2.45, 2.75) is 0 Å². The van der Waals surface area contributed by atoms with Crippen LogP contribution in [0.4, 0.5) is 0 Å². The summed E-state index contributed by atoms with van der Waals surface area (Å²) in [5.74, 6) is 0.675. The lowest BCUT2D eigenvalue weighted by Crippen LogP contribution is -2.03. The number of fused-ring (bicyclic) bond motifs is 12. The van der Waals surface area contributed by atoms with E-state index in [0.29, 0.717) is 5.95 Å². The SMILES string of the molecule is c1ccc(-c2nc(-n3c4cc5ccccc5cc4c4c5c6ccccc6n6c7ccccc7c(cc43)c56)nc3ccccc23)cc1. The minimum atomic E-state index is 0.675. The highest BCUT2D eigenvalue weighted by molar-refractivity contribution is 6.36. The summed E-state index contributed by atoms with van der Waals surface area (Å²) in [6.45, 7) is 0. The highest BCUT2D eigenvalue weighted by Crippen LogP contribution is 2.47. The number of benzene rings is 7. The lowest BCUT2D eigenvalue weighted by atomic mass is 10.0. The fourth-order valence-electron chi connectivity index (χ4n) is 7.89. The van der Waals surface area contributed by atoms with Gasteiger partial charge >= 0.3 is 0 Å². The average molecular weight is 585 g/mol. The fraction of sp³-hybridized carbons (Fsp3) is 0. The molecule has 0 amide bonds. The van der Waals surface area contributed by atoms with Crippen molar-refractivity contribution in [1.82, 2.24) is 18.9 Å². The molecule has 4 heteroatoms. The number of aromatic nitrogens is 4. The molecule has 11 rings (SSSR count). The van der Waals surface area contributed by atoms with E-state index in [-0.39, 0.29) is 0 Å². The highest BCUT2D eigenvalue weighted by atomic mass is 15.2. The summed E-state index contributed by atoms with van der Waals surface area (Å²) in [4.78, 5) is 10.7. The van der Waals surface area contributed by atoms with Gasteiger partial charge in [-0.2, -0.15) is 0 Å². The van der Waals surface area contributed by atoms with E-state index in [9.17, 15) is 0 Å². The molecule has 7 aromatic carbocycles. The van der Waals surface area contributed by atoms with Gasteiger partial charge in [0.25, 0.3) is 0 Å². The van der Waals surface area contributed by atoms with Crippen molar-refractivity contribution in [2.75, 3.05) is 0 Å². The van der Waals surface area contributed by atoms with Gasteiger partial charge in [0.15, 0.2) is 0 Å². The molecule has 0 saturated heterocycles. The summed E-state index contributed by atoms with van der Waals surface area (Å²) < 4.78 is 4.76. The van der Waals surface area contributed by atoms with E-state index in [2.05, 4.69) is 148 Å². The molecule has 0 spiro atoms. The van der Waals surface area contributed by atoms with E-state index in [4.69, 9.17) is 9.97 Å². The van der Waals surface area contributed by atoms with Gasteiger partial charge in [-0.3, -0.25) is 4.57 Å². The summed E-state index contributed by atoms with van der Waals surface area (Å²) in [6.07, 6.45) is 0. The van der Waals surface area contributed by atoms with Crippen LogP contribution in [0.25, 0.3) is 98.8 Å². The Labute approximate surface area is 262 Å². The molecule has 4 aromatic heterocycles. The van der Waals surface area contributed by atoms with Gasteiger partial charge in [-0.25, -0.2) is 9.97 Å². The van der Waals surface area contributed by atoms with Gasteiger partial charge < -0.3 is 4.40 Å². The second-order valence-corrected chi connectivity index (χ2v) is 12.2. The Kier molecular flexibility index (Phi) is 4.55. The van der Waals surface area contributed by atoms with Gasteiger partial charge in [-0.1, -0.05) is 109 Å². The molecule has 0 atom stereocenters. The summed E-state index contributed by atoms with van der Waals surface area (Å²) >= 11 is 0. The third-order valence-electron chi connectivity index (χ3n) is 9.81. The molecule has 4 nitrogen and oxygen atoms in total.